The lowest BCUT2D eigenvalue weighted by molar-refractivity contribution is -0.0588. The van der Waals surface area contributed by atoms with Gasteiger partial charge in [0.05, 0.1) is 12.2 Å². The average Bonchev–Trinajstić information content (AvgIpc) is 2.78. The third kappa shape index (κ3) is 2.41. The summed E-state index contributed by atoms with van der Waals surface area (Å²) in [5, 5.41) is 1.17. The van der Waals surface area contributed by atoms with Crippen LogP contribution < -0.4 is 0 Å². The zero-order valence-corrected chi connectivity index (χ0v) is 13.8. The van der Waals surface area contributed by atoms with Crippen LogP contribution in [0.5, 0.6) is 0 Å². The number of para-hydroxylation sites is 1. The maximum atomic E-state index is 13.1. The number of benzene rings is 1. The van der Waals surface area contributed by atoms with Crippen LogP contribution >= 0.6 is 0 Å². The second-order valence-electron chi connectivity index (χ2n) is 6.20. The van der Waals surface area contributed by atoms with Gasteiger partial charge in [0.2, 0.25) is 0 Å². The van der Waals surface area contributed by atoms with Gasteiger partial charge in [-0.05, 0) is 39.3 Å². The molecule has 1 fully saturated rings. The first-order chi connectivity index (χ1) is 10.5. The number of ether oxygens (including phenoxy) is 1. The van der Waals surface area contributed by atoms with E-state index in [2.05, 4.69) is 30.5 Å². The van der Waals surface area contributed by atoms with Gasteiger partial charge in [0.25, 0.3) is 5.91 Å². The molecule has 3 rings (SSSR count). The quantitative estimate of drug-likeness (QED) is 0.853. The molecular weight excluding hydrogens is 276 g/mol. The molecule has 2 unspecified atom stereocenters. The van der Waals surface area contributed by atoms with Gasteiger partial charge in [0.1, 0.15) is 5.69 Å². The van der Waals surface area contributed by atoms with E-state index in [-0.39, 0.29) is 18.1 Å². The largest absolute Gasteiger partial charge is 0.372 e. The second kappa shape index (κ2) is 5.76. The SMILES string of the molecule is CCn1c(C(=O)N2CC(C)OC(C)C2)c(C)c2ccccc21. The van der Waals surface area contributed by atoms with Crippen molar-refractivity contribution in [2.75, 3.05) is 13.1 Å². The number of fused-ring (bicyclic) bond motifs is 1. The minimum Gasteiger partial charge on any atom is -0.372 e. The summed E-state index contributed by atoms with van der Waals surface area (Å²) >= 11 is 0. The number of morpholine rings is 1. The van der Waals surface area contributed by atoms with Crippen LogP contribution in [0.2, 0.25) is 0 Å². The van der Waals surface area contributed by atoms with Crippen molar-refractivity contribution < 1.29 is 9.53 Å². The molecule has 2 aromatic rings. The van der Waals surface area contributed by atoms with Crippen molar-refractivity contribution in [2.24, 2.45) is 0 Å². The van der Waals surface area contributed by atoms with Crippen LogP contribution in [0.4, 0.5) is 0 Å². The van der Waals surface area contributed by atoms with Gasteiger partial charge in [-0.15, -0.1) is 0 Å². The fraction of sp³-hybridized carbons (Fsp3) is 0.500. The van der Waals surface area contributed by atoms with Crippen LogP contribution in [-0.4, -0.2) is 40.7 Å². The summed E-state index contributed by atoms with van der Waals surface area (Å²) in [5.74, 6) is 0.123. The van der Waals surface area contributed by atoms with Gasteiger partial charge in [-0.1, -0.05) is 18.2 Å². The summed E-state index contributed by atoms with van der Waals surface area (Å²) in [6.07, 6.45) is 0.180. The summed E-state index contributed by atoms with van der Waals surface area (Å²) in [7, 11) is 0. The minimum atomic E-state index is 0.0902. The number of aryl methyl sites for hydroxylation is 2. The number of hydrogen-bond acceptors (Lipinski definition) is 2. The van der Waals surface area contributed by atoms with Gasteiger partial charge < -0.3 is 14.2 Å². The third-order valence-electron chi connectivity index (χ3n) is 4.45. The van der Waals surface area contributed by atoms with E-state index in [9.17, 15) is 4.79 Å². The molecule has 0 N–H and O–H groups in total. The lowest BCUT2D eigenvalue weighted by Crippen LogP contribution is -2.48. The first-order valence-corrected chi connectivity index (χ1v) is 8.05. The molecule has 4 nitrogen and oxygen atoms in total. The van der Waals surface area contributed by atoms with Crippen molar-refractivity contribution in [3.8, 4) is 0 Å². The molecule has 1 aliphatic rings. The van der Waals surface area contributed by atoms with E-state index in [1.165, 1.54) is 5.39 Å². The highest BCUT2D eigenvalue weighted by molar-refractivity contribution is 6.01. The van der Waals surface area contributed by atoms with Gasteiger partial charge >= 0.3 is 0 Å². The number of rotatable bonds is 2. The van der Waals surface area contributed by atoms with Crippen LogP contribution in [0.1, 0.15) is 36.8 Å². The van der Waals surface area contributed by atoms with Gasteiger partial charge in [0.15, 0.2) is 0 Å². The molecular formula is C18H24N2O2. The van der Waals surface area contributed by atoms with Crippen molar-refractivity contribution in [3.05, 3.63) is 35.5 Å². The topological polar surface area (TPSA) is 34.5 Å². The molecule has 2 atom stereocenters. The Labute approximate surface area is 131 Å². The minimum absolute atomic E-state index is 0.0902. The number of carbonyl (C=O) groups is 1. The fourth-order valence-electron chi connectivity index (χ4n) is 3.57. The summed E-state index contributed by atoms with van der Waals surface area (Å²) in [6, 6.07) is 8.24. The number of nitrogens with zero attached hydrogens (tertiary/aromatic N) is 2. The first kappa shape index (κ1) is 15.1. The number of carbonyl (C=O) groups excluding carboxylic acids is 1. The summed E-state index contributed by atoms with van der Waals surface area (Å²) in [4.78, 5) is 15.0. The number of amides is 1. The maximum absolute atomic E-state index is 13.1. The molecule has 22 heavy (non-hydrogen) atoms. The highest BCUT2D eigenvalue weighted by Crippen LogP contribution is 2.27. The highest BCUT2D eigenvalue weighted by Gasteiger charge is 2.30. The lowest BCUT2D eigenvalue weighted by atomic mass is 10.1. The first-order valence-electron chi connectivity index (χ1n) is 8.05. The maximum Gasteiger partial charge on any atom is 0.270 e. The second-order valence-corrected chi connectivity index (χ2v) is 6.20. The van der Waals surface area contributed by atoms with Crippen molar-refractivity contribution in [1.29, 1.82) is 0 Å². The molecule has 1 aromatic carbocycles. The van der Waals surface area contributed by atoms with E-state index in [4.69, 9.17) is 4.74 Å². The normalized spacial score (nSPS) is 22.3. The van der Waals surface area contributed by atoms with Crippen molar-refractivity contribution in [2.45, 2.75) is 46.4 Å². The molecule has 4 heteroatoms. The van der Waals surface area contributed by atoms with Crippen molar-refractivity contribution in [3.63, 3.8) is 0 Å². The average molecular weight is 300 g/mol. The third-order valence-corrected chi connectivity index (χ3v) is 4.45. The van der Waals surface area contributed by atoms with E-state index in [0.29, 0.717) is 13.1 Å². The monoisotopic (exact) mass is 300 g/mol. The molecule has 0 bridgehead atoms. The van der Waals surface area contributed by atoms with Gasteiger partial charge in [-0.25, -0.2) is 0 Å². The van der Waals surface area contributed by atoms with E-state index < -0.39 is 0 Å². The Morgan fingerprint density at radius 2 is 1.86 bits per heavy atom. The lowest BCUT2D eigenvalue weighted by Gasteiger charge is -2.35. The van der Waals surface area contributed by atoms with E-state index in [0.717, 1.165) is 23.3 Å². The molecule has 1 aromatic heterocycles. The molecule has 1 amide bonds. The van der Waals surface area contributed by atoms with Crippen LogP contribution in [0, 0.1) is 6.92 Å². The summed E-state index contributed by atoms with van der Waals surface area (Å²) in [5.41, 5.74) is 3.04. The summed E-state index contributed by atoms with van der Waals surface area (Å²) < 4.78 is 7.88. The molecule has 0 saturated carbocycles. The zero-order valence-electron chi connectivity index (χ0n) is 13.8. The van der Waals surface area contributed by atoms with Crippen LogP contribution in [0.25, 0.3) is 10.9 Å². The van der Waals surface area contributed by atoms with E-state index in [1.54, 1.807) is 0 Å². The fourth-order valence-corrected chi connectivity index (χ4v) is 3.57. The summed E-state index contributed by atoms with van der Waals surface area (Å²) in [6.45, 7) is 10.3. The zero-order chi connectivity index (χ0) is 15.9. The standard InChI is InChI=1S/C18H24N2O2/c1-5-20-16-9-7-6-8-15(16)14(4)17(20)18(21)19-10-12(2)22-13(3)11-19/h6-9,12-13H,5,10-11H2,1-4H3. The van der Waals surface area contributed by atoms with Gasteiger partial charge in [-0.3, -0.25) is 4.79 Å². The highest BCUT2D eigenvalue weighted by atomic mass is 16.5. The predicted molar refractivity (Wildman–Crippen MR) is 88.3 cm³/mol. The Balaban J connectivity index is 2.05. The molecule has 0 radical (unpaired) electrons. The predicted octanol–water partition coefficient (Wildman–Crippen LogP) is 3.22. The van der Waals surface area contributed by atoms with E-state index in [1.807, 2.05) is 30.9 Å². The van der Waals surface area contributed by atoms with Gasteiger partial charge in [-0.2, -0.15) is 0 Å². The van der Waals surface area contributed by atoms with Crippen LogP contribution in [0.15, 0.2) is 24.3 Å². The van der Waals surface area contributed by atoms with Crippen LogP contribution in [-0.2, 0) is 11.3 Å². The van der Waals surface area contributed by atoms with Crippen LogP contribution in [0.3, 0.4) is 0 Å². The number of aromatic nitrogens is 1. The Bertz CT molecular complexity index is 694. The number of hydrogen-bond donors (Lipinski definition) is 0. The van der Waals surface area contributed by atoms with Crippen molar-refractivity contribution in [1.82, 2.24) is 9.47 Å². The molecule has 2 heterocycles. The molecule has 1 saturated heterocycles. The molecule has 118 valence electrons. The Morgan fingerprint density at radius 3 is 2.50 bits per heavy atom. The smallest absolute Gasteiger partial charge is 0.270 e. The molecule has 0 aliphatic carbocycles. The Hall–Kier alpha value is -1.81. The van der Waals surface area contributed by atoms with E-state index >= 15 is 0 Å². The van der Waals surface area contributed by atoms with Gasteiger partial charge in [0, 0.05) is 30.5 Å². The Kier molecular flexibility index (Phi) is 3.96. The molecule has 1 aliphatic heterocycles. The van der Waals surface area contributed by atoms with Crippen molar-refractivity contribution >= 4 is 16.8 Å². The molecule has 0 spiro atoms. The Morgan fingerprint density at radius 1 is 1.23 bits per heavy atom.